The maximum Gasteiger partial charge on any atom is 0.217 e. The van der Waals surface area contributed by atoms with Crippen LogP contribution in [0.2, 0.25) is 0 Å². The molecule has 8 N–H and O–H groups in total. The second-order valence-corrected chi connectivity index (χ2v) is 31.8. The number of rotatable bonds is 20. The Kier molecular flexibility index (Phi) is 24.9. The van der Waals surface area contributed by atoms with Crippen molar-refractivity contribution in [3.05, 3.63) is 328 Å². The molecule has 0 aliphatic carbocycles. The monoisotopic (exact) mass is 1740 g/mol. The molecule has 4 heterocycles. The summed E-state index contributed by atoms with van der Waals surface area (Å²) in [5.74, 6) is 1.45. The third-order valence-corrected chi connectivity index (χ3v) is 22.7. The molecule has 650 valence electrons. The molecule has 132 heavy (non-hydrogen) atoms. The van der Waals surface area contributed by atoms with E-state index in [1.807, 2.05) is 124 Å². The van der Waals surface area contributed by atoms with Crippen molar-refractivity contribution in [1.29, 1.82) is 0 Å². The fraction of sp³-hybridized carbons (Fsp3) is 0.107. The van der Waals surface area contributed by atoms with Crippen molar-refractivity contribution in [2.24, 2.45) is 0 Å². The molecule has 0 spiro atoms. The summed E-state index contributed by atoms with van der Waals surface area (Å²) in [7, 11) is 0. The van der Waals surface area contributed by atoms with Crippen LogP contribution in [0.3, 0.4) is 0 Å². The van der Waals surface area contributed by atoms with E-state index in [9.17, 15) is 40.9 Å². The summed E-state index contributed by atoms with van der Waals surface area (Å²) in [5.41, 5.74) is 7.38. The molecule has 0 fully saturated rings. The predicted molar refractivity (Wildman–Crippen MR) is 526 cm³/mol. The lowest BCUT2D eigenvalue weighted by Crippen LogP contribution is -2.02. The first-order chi connectivity index (χ1) is 64.5. The minimum Gasteiger partial charge on any atom is -0.508 e. The minimum absolute atomic E-state index is 0.0288. The molecule has 0 saturated carbocycles. The first kappa shape index (κ1) is 85.8. The highest BCUT2D eigenvalue weighted by molar-refractivity contribution is 6.21. The number of hydrogen-bond acceptors (Lipinski definition) is 20. The Hall–Kier alpha value is -17.0. The molecule has 0 radical (unpaired) electrons. The van der Waals surface area contributed by atoms with Gasteiger partial charge in [0.2, 0.25) is 23.5 Å². The largest absolute Gasteiger partial charge is 0.508 e. The number of para-hydroxylation sites is 1. The molecule has 0 saturated heterocycles. The van der Waals surface area contributed by atoms with Gasteiger partial charge in [-0.05, 0) is 195 Å². The van der Waals surface area contributed by atoms with Crippen LogP contribution < -0.4 is 18.9 Å². The van der Waals surface area contributed by atoms with Crippen molar-refractivity contribution >= 4 is 97.0 Å². The third kappa shape index (κ3) is 18.0. The smallest absolute Gasteiger partial charge is 0.217 e. The molecule has 0 unspecified atom stereocenters. The number of aromatic hydroxyl groups is 8. The van der Waals surface area contributed by atoms with E-state index in [4.69, 9.17) is 38.9 Å². The molecular formula is C112H90N8O12. The van der Waals surface area contributed by atoms with Crippen molar-refractivity contribution in [2.75, 3.05) is 26.4 Å². The van der Waals surface area contributed by atoms with Crippen LogP contribution in [0.1, 0.15) is 53.4 Å². The standard InChI is InChI=1S/C31H24N2O3.C27H22N2O4.C27H22N2O3.C27H22N2O2/c1-2-16-36-29-18-26(32-31(33-29)30-27(34)12-7-13-28(30)35)25-17-24-20-9-4-3-8-19(20)14-15-23(24)21-10-5-6-11-22(21)25;1-2-11-33-25-15-22(28-27(29-25)26-23(31)13-17(30)14-24(26)32)21-12-16-7-3-4-8-18(16)19-9-5-6-10-20(19)21;1-2-14-32-24-16-21(28-27(29-24)26-22(30)12-7-13-23(26)31)25-19-10-5-3-8-17(19)15-18-9-4-6-11-20(18)25;1-2-13-31-26-17-24(28-27(29-26)23-9-5-6-10-25(23)30)21-12-11-20-14-18-7-3-4-8-19(18)15-22(20)16-21/h3-15,17-18,34-35H,2,16H2,1H3;3-10,12-15,30-32H,2,11H2,1H3;3-13,15-16,30-31H,2,14H2,1H3;3-12,14-17,30H,2,13H2,1H3. The molecule has 0 aliphatic rings. The molecule has 20 nitrogen and oxygen atoms in total. The van der Waals surface area contributed by atoms with Crippen molar-refractivity contribution in [2.45, 2.75) is 53.4 Å². The van der Waals surface area contributed by atoms with Crippen LogP contribution >= 0.6 is 0 Å². The first-order valence-corrected chi connectivity index (χ1v) is 43.8. The van der Waals surface area contributed by atoms with Crippen molar-refractivity contribution in [3.8, 4) is 160 Å². The van der Waals surface area contributed by atoms with Crippen LogP contribution in [-0.2, 0) is 0 Å². The third-order valence-electron chi connectivity index (χ3n) is 22.7. The van der Waals surface area contributed by atoms with E-state index in [2.05, 4.69) is 185 Å². The van der Waals surface area contributed by atoms with E-state index in [1.54, 1.807) is 30.3 Å². The second-order valence-electron chi connectivity index (χ2n) is 31.8. The lowest BCUT2D eigenvalue weighted by atomic mass is 9.92. The normalized spacial score (nSPS) is 11.2. The van der Waals surface area contributed by atoms with Gasteiger partial charge in [-0.2, -0.15) is 19.9 Å². The van der Waals surface area contributed by atoms with Crippen LogP contribution in [0, 0.1) is 0 Å². The number of hydrogen-bond donors (Lipinski definition) is 8. The molecule has 0 bridgehead atoms. The van der Waals surface area contributed by atoms with E-state index in [-0.39, 0.29) is 80.2 Å². The summed E-state index contributed by atoms with van der Waals surface area (Å²) in [6.07, 6.45) is 3.33. The number of phenols is 8. The molecule has 0 aliphatic heterocycles. The van der Waals surface area contributed by atoms with Crippen molar-refractivity contribution in [3.63, 3.8) is 0 Å². The summed E-state index contributed by atoms with van der Waals surface area (Å²) in [5, 5.41) is 103. The number of ether oxygens (including phenoxy) is 4. The summed E-state index contributed by atoms with van der Waals surface area (Å²) < 4.78 is 23.4. The highest BCUT2D eigenvalue weighted by Crippen LogP contribution is 2.47. The van der Waals surface area contributed by atoms with Gasteiger partial charge in [-0.15, -0.1) is 0 Å². The van der Waals surface area contributed by atoms with Gasteiger partial charge in [-0.3, -0.25) is 0 Å². The molecule has 4 aromatic heterocycles. The zero-order valence-electron chi connectivity index (χ0n) is 72.6. The van der Waals surface area contributed by atoms with E-state index < -0.39 is 0 Å². The average Bonchev–Trinajstić information content (AvgIpc) is 0.749. The highest BCUT2D eigenvalue weighted by atomic mass is 16.5. The van der Waals surface area contributed by atoms with E-state index >= 15 is 0 Å². The van der Waals surface area contributed by atoms with Gasteiger partial charge in [-0.25, -0.2) is 19.9 Å². The topological polar surface area (TPSA) is 302 Å². The number of nitrogens with zero attached hydrogens (tertiary/aromatic N) is 8. The summed E-state index contributed by atoms with van der Waals surface area (Å²) in [6.45, 7) is 10.1. The zero-order chi connectivity index (χ0) is 90.9. The SMILES string of the molecule is CCCOc1cc(-c2c3ccccc3cc3ccccc23)nc(-c2c(O)cccc2O)n1.CCCOc1cc(-c2cc3c4ccccc4ccc3c3ccccc23)nc(-c2c(O)cccc2O)n1.CCCOc1cc(-c2cc3ccccc3c3ccccc23)nc(-c2c(O)cc(O)cc2O)n1.CCCOc1cc(-c2ccc3cc4ccccc4cc3c2)nc(-c2ccccc2O)n1. The molecule has 21 aromatic rings. The number of fused-ring (bicyclic) bond motifs is 12. The Balaban J connectivity index is 0.000000118. The summed E-state index contributed by atoms with van der Waals surface area (Å²) in [4.78, 5) is 37.1. The Morgan fingerprint density at radius 1 is 0.197 bits per heavy atom. The maximum atomic E-state index is 10.5. The first-order valence-electron chi connectivity index (χ1n) is 43.8. The van der Waals surface area contributed by atoms with Gasteiger partial charge in [0.15, 0.2) is 23.3 Å². The molecule has 17 aromatic carbocycles. The van der Waals surface area contributed by atoms with Crippen LogP contribution in [-0.4, -0.2) is 107 Å². The second kappa shape index (κ2) is 38.3. The van der Waals surface area contributed by atoms with Crippen LogP contribution in [0.15, 0.2) is 328 Å². The Morgan fingerprint density at radius 2 is 0.530 bits per heavy atom. The number of benzene rings is 17. The van der Waals surface area contributed by atoms with Gasteiger partial charge in [0, 0.05) is 58.7 Å². The number of phenolic OH excluding ortho intramolecular Hbond substituents is 8. The van der Waals surface area contributed by atoms with Gasteiger partial charge in [-0.1, -0.05) is 246 Å². The maximum absolute atomic E-state index is 10.5. The van der Waals surface area contributed by atoms with Gasteiger partial charge >= 0.3 is 0 Å². The molecule has 20 heteroatoms. The molecular weight excluding hydrogens is 1650 g/mol. The van der Waals surface area contributed by atoms with E-state index in [0.29, 0.717) is 78.4 Å². The van der Waals surface area contributed by atoms with Crippen molar-refractivity contribution < 1.29 is 59.8 Å². The van der Waals surface area contributed by atoms with Crippen molar-refractivity contribution in [1.82, 2.24) is 39.9 Å². The van der Waals surface area contributed by atoms with E-state index in [1.165, 1.54) is 51.2 Å². The quantitative estimate of drug-likeness (QED) is 0.0260. The van der Waals surface area contributed by atoms with Gasteiger partial charge in [0.25, 0.3) is 0 Å². The van der Waals surface area contributed by atoms with Gasteiger partial charge < -0.3 is 59.8 Å². The van der Waals surface area contributed by atoms with Crippen LogP contribution in [0.4, 0.5) is 0 Å². The average molecular weight is 1740 g/mol. The Bertz CT molecular complexity index is 7830. The highest BCUT2D eigenvalue weighted by Gasteiger charge is 2.25. The fourth-order valence-corrected chi connectivity index (χ4v) is 16.6. The minimum atomic E-state index is -0.325. The lowest BCUT2D eigenvalue weighted by Gasteiger charge is -2.15. The predicted octanol–water partition coefficient (Wildman–Crippen LogP) is 26.4. The fourth-order valence-electron chi connectivity index (χ4n) is 16.6. The Labute approximate surface area is 759 Å². The molecule has 0 atom stereocenters. The van der Waals surface area contributed by atoms with Crippen LogP contribution in [0.25, 0.3) is 188 Å². The van der Waals surface area contributed by atoms with Gasteiger partial charge in [0.1, 0.15) is 62.7 Å². The molecule has 21 rings (SSSR count). The summed E-state index contributed by atoms with van der Waals surface area (Å²) in [6, 6.07) is 105. The summed E-state index contributed by atoms with van der Waals surface area (Å²) >= 11 is 0. The zero-order valence-corrected chi connectivity index (χ0v) is 72.6. The molecule has 0 amide bonds. The van der Waals surface area contributed by atoms with Crippen LogP contribution in [0.5, 0.6) is 69.5 Å². The lowest BCUT2D eigenvalue weighted by molar-refractivity contribution is 0.305. The number of aromatic nitrogens is 8. The van der Waals surface area contributed by atoms with Gasteiger partial charge in [0.05, 0.1) is 54.8 Å². The van der Waals surface area contributed by atoms with E-state index in [0.717, 1.165) is 136 Å². The Morgan fingerprint density at radius 3 is 1.03 bits per heavy atom.